The fourth-order valence-corrected chi connectivity index (χ4v) is 5.51. The van der Waals surface area contributed by atoms with Crippen molar-refractivity contribution in [1.82, 2.24) is 9.88 Å². The summed E-state index contributed by atoms with van der Waals surface area (Å²) in [4.78, 5) is 7.52. The van der Waals surface area contributed by atoms with Crippen molar-refractivity contribution in [1.29, 1.82) is 0 Å². The van der Waals surface area contributed by atoms with Gasteiger partial charge in [-0.2, -0.15) is 0 Å². The summed E-state index contributed by atoms with van der Waals surface area (Å²) in [6.45, 7) is 11.1. The quantitative estimate of drug-likeness (QED) is 0.336. The molecule has 0 bridgehead atoms. The molecule has 35 heavy (non-hydrogen) atoms. The molecular weight excluding hydrogens is 435 g/mol. The lowest BCUT2D eigenvalue weighted by atomic mass is 9.87. The van der Waals surface area contributed by atoms with Crippen molar-refractivity contribution in [2.45, 2.75) is 85.4 Å². The van der Waals surface area contributed by atoms with Crippen LogP contribution in [0, 0.1) is 12.7 Å². The molecule has 0 unspecified atom stereocenters. The normalized spacial score (nSPS) is 15.5. The maximum atomic E-state index is 14.3. The Balaban J connectivity index is 1.75. The minimum absolute atomic E-state index is 0.0496. The standard InChI is InChI=1S/C31H39FN2O/c1-7-22-16-25(32)17-23(8-2)31(22)28-18-30(35-20(3)4)27(21(5)33-28)19-34(6)29-15-11-13-24-12-9-10-14-26(24)29/h9-10,12,14,16-18,20,29H,7-8,11,13,15,19H2,1-6H3/t29-/m0/s1. The zero-order valence-electron chi connectivity index (χ0n) is 22.1. The molecule has 1 aromatic heterocycles. The van der Waals surface area contributed by atoms with Crippen LogP contribution in [0.15, 0.2) is 42.5 Å². The molecule has 0 aliphatic heterocycles. The zero-order valence-corrected chi connectivity index (χ0v) is 22.1. The smallest absolute Gasteiger partial charge is 0.128 e. The highest BCUT2D eigenvalue weighted by Crippen LogP contribution is 2.38. The van der Waals surface area contributed by atoms with Crippen molar-refractivity contribution in [3.8, 4) is 17.0 Å². The van der Waals surface area contributed by atoms with E-state index >= 15 is 0 Å². The number of pyridine rings is 1. The highest BCUT2D eigenvalue weighted by Gasteiger charge is 2.26. The lowest BCUT2D eigenvalue weighted by molar-refractivity contribution is 0.200. The van der Waals surface area contributed by atoms with Crippen LogP contribution in [0.2, 0.25) is 0 Å². The SMILES string of the molecule is CCc1cc(F)cc(CC)c1-c1cc(OC(C)C)c(CN(C)[C@H]2CCCc3ccccc32)c(C)n1. The lowest BCUT2D eigenvalue weighted by Crippen LogP contribution is -2.28. The van der Waals surface area contributed by atoms with E-state index in [2.05, 4.69) is 76.9 Å². The molecule has 186 valence electrons. The molecule has 4 heteroatoms. The monoisotopic (exact) mass is 474 g/mol. The number of benzene rings is 2. The molecule has 0 spiro atoms. The minimum Gasteiger partial charge on any atom is -0.491 e. The van der Waals surface area contributed by atoms with Crippen LogP contribution in [0.1, 0.15) is 80.1 Å². The third kappa shape index (κ3) is 5.43. The number of aromatic nitrogens is 1. The van der Waals surface area contributed by atoms with Gasteiger partial charge in [0.05, 0.1) is 11.8 Å². The van der Waals surface area contributed by atoms with E-state index < -0.39 is 0 Å². The van der Waals surface area contributed by atoms with E-state index in [1.807, 2.05) is 0 Å². The van der Waals surface area contributed by atoms with E-state index in [9.17, 15) is 4.39 Å². The summed E-state index contributed by atoms with van der Waals surface area (Å²) in [5.41, 5.74) is 8.93. The first-order valence-corrected chi connectivity index (χ1v) is 13.1. The topological polar surface area (TPSA) is 25.4 Å². The number of aryl methyl sites for hydroxylation is 4. The first-order valence-electron chi connectivity index (χ1n) is 13.1. The highest BCUT2D eigenvalue weighted by molar-refractivity contribution is 5.70. The summed E-state index contributed by atoms with van der Waals surface area (Å²) in [5.74, 6) is 0.704. The number of rotatable bonds is 8. The van der Waals surface area contributed by atoms with Gasteiger partial charge >= 0.3 is 0 Å². The van der Waals surface area contributed by atoms with Crippen molar-refractivity contribution in [2.24, 2.45) is 0 Å². The van der Waals surface area contributed by atoms with Crippen LogP contribution in [0.3, 0.4) is 0 Å². The molecule has 1 heterocycles. The van der Waals surface area contributed by atoms with E-state index in [0.717, 1.165) is 71.6 Å². The predicted molar refractivity (Wildman–Crippen MR) is 142 cm³/mol. The van der Waals surface area contributed by atoms with Crippen LogP contribution in [0.25, 0.3) is 11.3 Å². The molecule has 0 radical (unpaired) electrons. The molecule has 0 amide bonds. The number of ether oxygens (including phenoxy) is 1. The third-order valence-corrected chi connectivity index (χ3v) is 7.21. The second-order valence-corrected chi connectivity index (χ2v) is 10.1. The summed E-state index contributed by atoms with van der Waals surface area (Å²) in [6, 6.07) is 14.6. The average Bonchev–Trinajstić information content (AvgIpc) is 2.84. The van der Waals surface area contributed by atoms with E-state index in [1.54, 1.807) is 12.1 Å². The Morgan fingerprint density at radius 3 is 2.43 bits per heavy atom. The van der Waals surface area contributed by atoms with Gasteiger partial charge in [0.1, 0.15) is 11.6 Å². The van der Waals surface area contributed by atoms with Crippen molar-refractivity contribution in [3.05, 3.63) is 81.8 Å². The predicted octanol–water partition coefficient (Wildman–Crippen LogP) is 7.62. The van der Waals surface area contributed by atoms with Crippen molar-refractivity contribution < 1.29 is 9.13 Å². The summed E-state index contributed by atoms with van der Waals surface area (Å²) < 4.78 is 20.6. The molecule has 0 saturated heterocycles. The highest BCUT2D eigenvalue weighted by atomic mass is 19.1. The fourth-order valence-electron chi connectivity index (χ4n) is 5.51. The number of halogens is 1. The summed E-state index contributed by atoms with van der Waals surface area (Å²) >= 11 is 0. The Morgan fingerprint density at radius 1 is 1.09 bits per heavy atom. The Kier molecular flexibility index (Phi) is 7.91. The first-order chi connectivity index (χ1) is 16.8. The van der Waals surface area contributed by atoms with E-state index in [-0.39, 0.29) is 11.9 Å². The van der Waals surface area contributed by atoms with Crippen molar-refractivity contribution >= 4 is 0 Å². The Labute approximate surface area is 210 Å². The van der Waals surface area contributed by atoms with Crippen molar-refractivity contribution in [3.63, 3.8) is 0 Å². The van der Waals surface area contributed by atoms with Crippen molar-refractivity contribution in [2.75, 3.05) is 7.05 Å². The van der Waals surface area contributed by atoms with Gasteiger partial charge in [-0.15, -0.1) is 0 Å². The second kappa shape index (κ2) is 10.9. The molecule has 2 aromatic carbocycles. The van der Waals surface area contributed by atoms with Gasteiger partial charge in [-0.25, -0.2) is 4.39 Å². The molecule has 3 nitrogen and oxygen atoms in total. The van der Waals surface area contributed by atoms with Gasteiger partial charge in [-0.05, 0) is 94.3 Å². The maximum Gasteiger partial charge on any atom is 0.128 e. The molecular formula is C31H39FN2O. The number of hydrogen-bond acceptors (Lipinski definition) is 3. The van der Waals surface area contributed by atoms with Crippen LogP contribution in [-0.2, 0) is 25.8 Å². The first kappa shape index (κ1) is 25.4. The summed E-state index contributed by atoms with van der Waals surface area (Å²) in [7, 11) is 2.21. The van der Waals surface area contributed by atoms with Gasteiger partial charge in [0.2, 0.25) is 0 Å². The fraction of sp³-hybridized carbons (Fsp3) is 0.452. The summed E-state index contributed by atoms with van der Waals surface area (Å²) in [5, 5.41) is 0. The van der Waals surface area contributed by atoms with Crippen LogP contribution in [0.4, 0.5) is 4.39 Å². The number of hydrogen-bond donors (Lipinski definition) is 0. The van der Waals surface area contributed by atoms with Gasteiger partial charge in [-0.3, -0.25) is 9.88 Å². The Hall–Kier alpha value is -2.72. The summed E-state index contributed by atoms with van der Waals surface area (Å²) in [6.07, 6.45) is 5.09. The Morgan fingerprint density at radius 2 is 1.77 bits per heavy atom. The number of fused-ring (bicyclic) bond motifs is 1. The van der Waals surface area contributed by atoms with Gasteiger partial charge in [0, 0.05) is 35.5 Å². The van der Waals surface area contributed by atoms with E-state index in [0.29, 0.717) is 6.04 Å². The molecule has 4 rings (SSSR count). The lowest BCUT2D eigenvalue weighted by Gasteiger charge is -2.34. The third-order valence-electron chi connectivity index (χ3n) is 7.21. The molecule has 1 atom stereocenters. The van der Waals surface area contributed by atoms with Crippen LogP contribution < -0.4 is 4.74 Å². The Bertz CT molecular complexity index is 1160. The molecule has 0 N–H and O–H groups in total. The largest absolute Gasteiger partial charge is 0.491 e. The molecule has 0 saturated carbocycles. The zero-order chi connectivity index (χ0) is 25.1. The minimum atomic E-state index is -0.177. The van der Waals surface area contributed by atoms with Gasteiger partial charge in [-0.1, -0.05) is 38.1 Å². The second-order valence-electron chi connectivity index (χ2n) is 10.1. The maximum absolute atomic E-state index is 14.3. The number of nitrogens with zero attached hydrogens (tertiary/aromatic N) is 2. The molecule has 0 fully saturated rings. The van der Waals surface area contributed by atoms with Crippen LogP contribution in [0.5, 0.6) is 5.75 Å². The van der Waals surface area contributed by atoms with Crippen LogP contribution >= 0.6 is 0 Å². The van der Waals surface area contributed by atoms with Crippen LogP contribution in [-0.4, -0.2) is 23.0 Å². The van der Waals surface area contributed by atoms with E-state index in [4.69, 9.17) is 9.72 Å². The van der Waals surface area contributed by atoms with Gasteiger partial charge < -0.3 is 4.74 Å². The van der Waals surface area contributed by atoms with Gasteiger partial charge in [0.15, 0.2) is 0 Å². The molecule has 1 aliphatic rings. The molecule has 3 aromatic rings. The molecule has 1 aliphatic carbocycles. The van der Waals surface area contributed by atoms with Gasteiger partial charge in [0.25, 0.3) is 0 Å². The average molecular weight is 475 g/mol. The van der Waals surface area contributed by atoms with E-state index in [1.165, 1.54) is 17.5 Å².